The van der Waals surface area contributed by atoms with E-state index in [4.69, 9.17) is 9.15 Å². The van der Waals surface area contributed by atoms with Crippen LogP contribution in [0.4, 0.5) is 0 Å². The lowest BCUT2D eigenvalue weighted by molar-refractivity contribution is 0.0445. The molecular formula is C24H26O3. The molecule has 0 bridgehead atoms. The van der Waals surface area contributed by atoms with E-state index in [9.17, 15) is 4.79 Å². The predicted octanol–water partition coefficient (Wildman–Crippen LogP) is 6.43. The number of hydrogen-bond acceptors (Lipinski definition) is 3. The molecule has 0 saturated heterocycles. The number of hydrogen-bond donors (Lipinski definition) is 0. The van der Waals surface area contributed by atoms with Crippen molar-refractivity contribution < 1.29 is 13.9 Å². The molecule has 1 aromatic heterocycles. The Morgan fingerprint density at radius 1 is 0.889 bits per heavy atom. The van der Waals surface area contributed by atoms with Gasteiger partial charge in [-0.2, -0.15) is 0 Å². The summed E-state index contributed by atoms with van der Waals surface area (Å²) >= 11 is 0. The molecule has 0 radical (unpaired) electrons. The second-order valence-electron chi connectivity index (χ2n) is 6.74. The van der Waals surface area contributed by atoms with Crippen molar-refractivity contribution in [1.82, 2.24) is 0 Å². The zero-order valence-corrected chi connectivity index (χ0v) is 15.8. The highest BCUT2D eigenvalue weighted by Gasteiger charge is 2.09. The molecule has 0 spiro atoms. The summed E-state index contributed by atoms with van der Waals surface area (Å²) < 4.78 is 10.4. The van der Waals surface area contributed by atoms with Crippen molar-refractivity contribution >= 4 is 5.97 Å². The molecule has 3 heteroatoms. The van der Waals surface area contributed by atoms with Crippen LogP contribution in [0.5, 0.6) is 0 Å². The number of carbonyl (C=O) groups excluding carboxylic acids is 1. The number of benzene rings is 2. The molecule has 0 atom stereocenters. The van der Waals surface area contributed by atoms with Crippen LogP contribution in [-0.4, -0.2) is 5.97 Å². The van der Waals surface area contributed by atoms with Gasteiger partial charge in [0.05, 0.1) is 11.8 Å². The minimum Gasteiger partial charge on any atom is -0.466 e. The average Bonchev–Trinajstić information content (AvgIpc) is 3.24. The third-order valence-electron chi connectivity index (χ3n) is 4.65. The zero-order chi connectivity index (χ0) is 18.9. The molecule has 0 aliphatic heterocycles. The van der Waals surface area contributed by atoms with E-state index in [2.05, 4.69) is 31.2 Å². The number of aryl methyl sites for hydroxylation is 1. The molecule has 27 heavy (non-hydrogen) atoms. The molecule has 3 aromatic rings. The van der Waals surface area contributed by atoms with Crippen molar-refractivity contribution in [2.24, 2.45) is 0 Å². The van der Waals surface area contributed by atoms with Crippen molar-refractivity contribution in [3.63, 3.8) is 0 Å². The molecule has 0 fully saturated rings. The van der Waals surface area contributed by atoms with E-state index < -0.39 is 0 Å². The first-order valence-electron chi connectivity index (χ1n) is 9.65. The van der Waals surface area contributed by atoms with Crippen LogP contribution in [0.15, 0.2) is 71.3 Å². The number of ether oxygens (including phenoxy) is 1. The normalized spacial score (nSPS) is 10.7. The van der Waals surface area contributed by atoms with Gasteiger partial charge in [-0.3, -0.25) is 0 Å². The standard InChI is InChI=1S/C24H26O3/c1-2-3-4-5-7-19-9-11-20(12-10-19)21-13-15-22(16-14-21)24(25)27-18-23-8-6-17-26-23/h6,8-17H,2-5,7,18H2,1H3. The second kappa shape index (κ2) is 9.77. The number of esters is 1. The lowest BCUT2D eigenvalue weighted by Gasteiger charge is -2.07. The van der Waals surface area contributed by atoms with Crippen LogP contribution in [0.25, 0.3) is 11.1 Å². The van der Waals surface area contributed by atoms with Gasteiger partial charge in [-0.1, -0.05) is 62.6 Å². The Morgan fingerprint density at radius 2 is 1.59 bits per heavy atom. The Balaban J connectivity index is 1.55. The smallest absolute Gasteiger partial charge is 0.338 e. The van der Waals surface area contributed by atoms with Gasteiger partial charge in [0, 0.05) is 0 Å². The highest BCUT2D eigenvalue weighted by Crippen LogP contribution is 2.21. The van der Waals surface area contributed by atoms with E-state index >= 15 is 0 Å². The van der Waals surface area contributed by atoms with Crippen molar-refractivity contribution in [2.45, 2.75) is 45.6 Å². The van der Waals surface area contributed by atoms with E-state index in [1.54, 1.807) is 30.5 Å². The highest BCUT2D eigenvalue weighted by atomic mass is 16.5. The quantitative estimate of drug-likeness (QED) is 0.325. The molecular weight excluding hydrogens is 336 g/mol. The van der Waals surface area contributed by atoms with Gasteiger partial charge in [0.2, 0.25) is 0 Å². The van der Waals surface area contributed by atoms with E-state index in [1.165, 1.54) is 31.2 Å². The van der Waals surface area contributed by atoms with E-state index in [1.807, 2.05) is 12.1 Å². The first-order chi connectivity index (χ1) is 13.3. The number of carbonyl (C=O) groups is 1. The first kappa shape index (κ1) is 19.0. The third-order valence-corrected chi connectivity index (χ3v) is 4.65. The summed E-state index contributed by atoms with van der Waals surface area (Å²) in [5.41, 5.74) is 4.17. The second-order valence-corrected chi connectivity index (χ2v) is 6.74. The SMILES string of the molecule is CCCCCCc1ccc(-c2ccc(C(=O)OCc3ccco3)cc2)cc1. The maximum Gasteiger partial charge on any atom is 0.338 e. The molecule has 1 heterocycles. The van der Waals surface area contributed by atoms with E-state index in [0.717, 1.165) is 17.5 Å². The van der Waals surface area contributed by atoms with Gasteiger partial charge in [-0.25, -0.2) is 4.79 Å². The van der Waals surface area contributed by atoms with Crippen molar-refractivity contribution in [3.8, 4) is 11.1 Å². The number of unbranched alkanes of at least 4 members (excludes halogenated alkanes) is 3. The lowest BCUT2D eigenvalue weighted by Crippen LogP contribution is -2.04. The van der Waals surface area contributed by atoms with E-state index in [0.29, 0.717) is 11.3 Å². The molecule has 0 saturated carbocycles. The minimum absolute atomic E-state index is 0.146. The van der Waals surface area contributed by atoms with Gasteiger partial charge >= 0.3 is 5.97 Å². The molecule has 2 aromatic carbocycles. The summed E-state index contributed by atoms with van der Waals surface area (Å²) in [7, 11) is 0. The Morgan fingerprint density at radius 3 is 2.22 bits per heavy atom. The molecule has 0 aliphatic rings. The Kier molecular flexibility index (Phi) is 6.86. The van der Waals surface area contributed by atoms with Gasteiger partial charge in [0.25, 0.3) is 0 Å². The first-order valence-corrected chi connectivity index (χ1v) is 9.65. The molecule has 0 amide bonds. The molecule has 0 unspecified atom stereocenters. The Bertz CT molecular complexity index is 815. The summed E-state index contributed by atoms with van der Waals surface area (Å²) in [6, 6.07) is 19.8. The predicted molar refractivity (Wildman–Crippen MR) is 108 cm³/mol. The summed E-state index contributed by atoms with van der Waals surface area (Å²) in [6.45, 7) is 2.38. The average molecular weight is 362 g/mol. The van der Waals surface area contributed by atoms with Crippen LogP contribution < -0.4 is 0 Å². The van der Waals surface area contributed by atoms with Crippen LogP contribution in [0.3, 0.4) is 0 Å². The Hall–Kier alpha value is -2.81. The van der Waals surface area contributed by atoms with Gasteiger partial charge in [0.1, 0.15) is 12.4 Å². The summed E-state index contributed by atoms with van der Waals surface area (Å²) in [5.74, 6) is 0.287. The van der Waals surface area contributed by atoms with Gasteiger partial charge < -0.3 is 9.15 Å². The third kappa shape index (κ3) is 5.58. The maximum atomic E-state index is 12.1. The van der Waals surface area contributed by atoms with Crippen molar-refractivity contribution in [2.75, 3.05) is 0 Å². The van der Waals surface area contributed by atoms with Gasteiger partial charge in [0.15, 0.2) is 0 Å². The molecule has 3 rings (SSSR count). The fourth-order valence-corrected chi connectivity index (χ4v) is 3.03. The molecule has 0 N–H and O–H groups in total. The molecule has 0 aliphatic carbocycles. The summed E-state index contributed by atoms with van der Waals surface area (Å²) in [5, 5.41) is 0. The largest absolute Gasteiger partial charge is 0.466 e. The van der Waals surface area contributed by atoms with Crippen LogP contribution >= 0.6 is 0 Å². The van der Waals surface area contributed by atoms with Crippen LogP contribution in [0, 0.1) is 0 Å². The van der Waals surface area contributed by atoms with Gasteiger partial charge in [-0.15, -0.1) is 0 Å². The minimum atomic E-state index is -0.347. The fraction of sp³-hybridized carbons (Fsp3) is 0.292. The maximum absolute atomic E-state index is 12.1. The highest BCUT2D eigenvalue weighted by molar-refractivity contribution is 5.90. The van der Waals surface area contributed by atoms with Crippen LogP contribution in [0.2, 0.25) is 0 Å². The number of furan rings is 1. The summed E-state index contributed by atoms with van der Waals surface area (Å²) in [4.78, 5) is 12.1. The van der Waals surface area contributed by atoms with Crippen molar-refractivity contribution in [3.05, 3.63) is 83.8 Å². The van der Waals surface area contributed by atoms with E-state index in [-0.39, 0.29) is 12.6 Å². The molecule has 3 nitrogen and oxygen atoms in total. The lowest BCUT2D eigenvalue weighted by atomic mass is 10.0. The zero-order valence-electron chi connectivity index (χ0n) is 15.8. The summed E-state index contributed by atoms with van der Waals surface area (Å²) in [6.07, 6.45) is 7.84. The van der Waals surface area contributed by atoms with Crippen LogP contribution in [0.1, 0.15) is 54.3 Å². The molecule has 140 valence electrons. The fourth-order valence-electron chi connectivity index (χ4n) is 3.03. The van der Waals surface area contributed by atoms with Gasteiger partial charge in [-0.05, 0) is 53.8 Å². The Labute approximate surface area is 161 Å². The monoisotopic (exact) mass is 362 g/mol. The van der Waals surface area contributed by atoms with Crippen molar-refractivity contribution in [1.29, 1.82) is 0 Å². The number of rotatable bonds is 9. The van der Waals surface area contributed by atoms with Crippen LogP contribution in [-0.2, 0) is 17.8 Å². The topological polar surface area (TPSA) is 39.4 Å².